The molecule has 22 heavy (non-hydrogen) atoms. The summed E-state index contributed by atoms with van der Waals surface area (Å²) < 4.78 is 12.7. The van der Waals surface area contributed by atoms with Gasteiger partial charge in [0.2, 0.25) is 5.91 Å². The van der Waals surface area contributed by atoms with Crippen molar-refractivity contribution in [3.05, 3.63) is 64.9 Å². The summed E-state index contributed by atoms with van der Waals surface area (Å²) in [5, 5.41) is 4.53. The predicted molar refractivity (Wildman–Crippen MR) is 88.9 cm³/mol. The first-order valence-corrected chi connectivity index (χ1v) is 7.96. The van der Waals surface area contributed by atoms with Gasteiger partial charge in [-0.2, -0.15) is 5.10 Å². The molecule has 0 aliphatic rings. The number of nitrogens with one attached hydrogen (secondary N) is 1. The number of rotatable bonds is 6. The monoisotopic (exact) mass is 336 g/mol. The number of amides is 1. The zero-order valence-electron chi connectivity index (χ0n) is 11.6. The Morgan fingerprint density at radius 1 is 1.18 bits per heavy atom. The molecule has 0 saturated heterocycles. The smallest absolute Gasteiger partial charge is 0.240 e. The Bertz CT molecular complexity index is 644. The van der Waals surface area contributed by atoms with Gasteiger partial charge in [0.25, 0.3) is 0 Å². The molecule has 0 unspecified atom stereocenters. The van der Waals surface area contributed by atoms with E-state index >= 15 is 0 Å². The molecule has 0 heterocycles. The van der Waals surface area contributed by atoms with Gasteiger partial charge in [0.05, 0.1) is 6.21 Å². The van der Waals surface area contributed by atoms with Gasteiger partial charge in [-0.15, -0.1) is 11.8 Å². The number of hydrogen-bond acceptors (Lipinski definition) is 3. The van der Waals surface area contributed by atoms with Gasteiger partial charge < -0.3 is 0 Å². The van der Waals surface area contributed by atoms with Crippen molar-refractivity contribution >= 4 is 35.5 Å². The summed E-state index contributed by atoms with van der Waals surface area (Å²) >= 11 is 7.38. The number of carbonyl (C=O) groups is 1. The van der Waals surface area contributed by atoms with Crippen LogP contribution < -0.4 is 5.43 Å². The second kappa shape index (κ2) is 8.56. The molecule has 0 aliphatic carbocycles. The molecular weight excluding hydrogens is 323 g/mol. The van der Waals surface area contributed by atoms with Crippen molar-refractivity contribution in [2.75, 3.05) is 5.75 Å². The number of carbonyl (C=O) groups excluding carboxylic acids is 1. The molecular formula is C16H14ClFN2OS. The van der Waals surface area contributed by atoms with Gasteiger partial charge in [0.15, 0.2) is 0 Å². The molecule has 1 N–H and O–H groups in total. The van der Waals surface area contributed by atoms with E-state index in [4.69, 9.17) is 11.6 Å². The van der Waals surface area contributed by atoms with Crippen molar-refractivity contribution in [3.63, 3.8) is 0 Å². The predicted octanol–water partition coefficient (Wildman–Crippen LogP) is 4.11. The lowest BCUT2D eigenvalue weighted by atomic mass is 10.2. The lowest BCUT2D eigenvalue weighted by molar-refractivity contribution is -0.120. The molecule has 2 rings (SSSR count). The summed E-state index contributed by atoms with van der Waals surface area (Å²) in [6, 6.07) is 13.3. The number of nitrogens with zero attached hydrogens (tertiary/aromatic N) is 1. The maximum atomic E-state index is 12.7. The molecule has 2 aromatic rings. The first-order valence-electron chi connectivity index (χ1n) is 6.59. The van der Waals surface area contributed by atoms with Gasteiger partial charge in [-0.05, 0) is 42.0 Å². The highest BCUT2D eigenvalue weighted by atomic mass is 35.5. The van der Waals surface area contributed by atoms with E-state index in [1.807, 2.05) is 24.3 Å². The normalized spacial score (nSPS) is 10.8. The lowest BCUT2D eigenvalue weighted by Gasteiger charge is -2.01. The van der Waals surface area contributed by atoms with Crippen LogP contribution in [0.3, 0.4) is 0 Å². The summed E-state index contributed by atoms with van der Waals surface area (Å²) in [6.07, 6.45) is 1.83. The fourth-order valence-corrected chi connectivity index (χ4v) is 2.55. The highest BCUT2D eigenvalue weighted by Gasteiger charge is 2.01. The molecule has 0 aromatic heterocycles. The third kappa shape index (κ3) is 5.87. The second-order valence-corrected chi connectivity index (χ2v) is 6.00. The Kier molecular flexibility index (Phi) is 6.43. The SMILES string of the molecule is O=C(CCSc1ccc(Cl)cc1)N/N=C\c1ccc(F)cc1. The average molecular weight is 337 g/mol. The Hall–Kier alpha value is -1.85. The Morgan fingerprint density at radius 2 is 1.86 bits per heavy atom. The standard InChI is InChI=1S/C16H14ClFN2OS/c17-13-3-7-15(8-4-13)22-10-9-16(21)20-19-11-12-1-5-14(18)6-2-12/h1-8,11H,9-10H2,(H,20,21)/b19-11-. The van der Waals surface area contributed by atoms with Crippen molar-refractivity contribution in [1.29, 1.82) is 0 Å². The van der Waals surface area contributed by atoms with Crippen LogP contribution >= 0.6 is 23.4 Å². The minimum atomic E-state index is -0.305. The van der Waals surface area contributed by atoms with E-state index in [1.165, 1.54) is 18.3 Å². The van der Waals surface area contributed by atoms with E-state index in [0.29, 0.717) is 17.2 Å². The average Bonchev–Trinajstić information content (AvgIpc) is 2.51. The van der Waals surface area contributed by atoms with Gasteiger partial charge >= 0.3 is 0 Å². The van der Waals surface area contributed by atoms with Crippen molar-refractivity contribution in [1.82, 2.24) is 5.43 Å². The van der Waals surface area contributed by atoms with Crippen molar-refractivity contribution in [3.8, 4) is 0 Å². The largest absolute Gasteiger partial charge is 0.273 e. The molecule has 1 amide bonds. The molecule has 114 valence electrons. The quantitative estimate of drug-likeness (QED) is 0.490. The molecule has 0 atom stereocenters. The number of thioether (sulfide) groups is 1. The number of hydrogen-bond donors (Lipinski definition) is 1. The van der Waals surface area contributed by atoms with Gasteiger partial charge in [-0.3, -0.25) is 4.79 Å². The highest BCUT2D eigenvalue weighted by Crippen LogP contribution is 2.20. The van der Waals surface area contributed by atoms with Crippen LogP contribution in [0.15, 0.2) is 58.5 Å². The molecule has 0 saturated carbocycles. The highest BCUT2D eigenvalue weighted by molar-refractivity contribution is 7.99. The van der Waals surface area contributed by atoms with Crippen LogP contribution in [0.2, 0.25) is 5.02 Å². The Morgan fingerprint density at radius 3 is 2.55 bits per heavy atom. The third-order valence-electron chi connectivity index (χ3n) is 2.68. The maximum absolute atomic E-state index is 12.7. The molecule has 2 aromatic carbocycles. The first-order chi connectivity index (χ1) is 10.6. The van der Waals surface area contributed by atoms with Crippen molar-refractivity contribution < 1.29 is 9.18 Å². The fourth-order valence-electron chi connectivity index (χ4n) is 1.58. The van der Waals surface area contributed by atoms with Gasteiger partial charge in [0.1, 0.15) is 5.82 Å². The van der Waals surface area contributed by atoms with Crippen LogP contribution in [0.1, 0.15) is 12.0 Å². The number of hydrazone groups is 1. The van der Waals surface area contributed by atoms with Gasteiger partial charge in [-0.1, -0.05) is 23.7 Å². The summed E-state index contributed by atoms with van der Waals surface area (Å²) in [7, 11) is 0. The van der Waals surface area contributed by atoms with Crippen LogP contribution in [-0.2, 0) is 4.79 Å². The van der Waals surface area contributed by atoms with E-state index in [0.717, 1.165) is 10.5 Å². The topological polar surface area (TPSA) is 41.5 Å². The van der Waals surface area contributed by atoms with Crippen molar-refractivity contribution in [2.24, 2.45) is 5.10 Å². The van der Waals surface area contributed by atoms with Crippen LogP contribution in [0.5, 0.6) is 0 Å². The molecule has 0 bridgehead atoms. The minimum absolute atomic E-state index is 0.167. The molecule has 0 radical (unpaired) electrons. The lowest BCUT2D eigenvalue weighted by Crippen LogP contribution is -2.17. The van der Waals surface area contributed by atoms with Crippen molar-refractivity contribution in [2.45, 2.75) is 11.3 Å². The minimum Gasteiger partial charge on any atom is -0.273 e. The number of halogens is 2. The van der Waals surface area contributed by atoms with Crippen LogP contribution in [0, 0.1) is 5.82 Å². The van der Waals surface area contributed by atoms with E-state index < -0.39 is 0 Å². The van der Waals surface area contributed by atoms with Crippen LogP contribution in [0.25, 0.3) is 0 Å². The molecule has 0 aliphatic heterocycles. The van der Waals surface area contributed by atoms with E-state index in [2.05, 4.69) is 10.5 Å². The summed E-state index contributed by atoms with van der Waals surface area (Å²) in [4.78, 5) is 12.7. The third-order valence-corrected chi connectivity index (χ3v) is 3.95. The zero-order valence-corrected chi connectivity index (χ0v) is 13.2. The molecule has 3 nitrogen and oxygen atoms in total. The van der Waals surface area contributed by atoms with E-state index in [-0.39, 0.29) is 11.7 Å². The van der Waals surface area contributed by atoms with Crippen LogP contribution in [0.4, 0.5) is 4.39 Å². The van der Waals surface area contributed by atoms with E-state index in [9.17, 15) is 9.18 Å². The maximum Gasteiger partial charge on any atom is 0.240 e. The van der Waals surface area contributed by atoms with Gasteiger partial charge in [0, 0.05) is 22.1 Å². The summed E-state index contributed by atoms with van der Waals surface area (Å²) in [5.41, 5.74) is 3.16. The Labute approximate surface area is 137 Å². The summed E-state index contributed by atoms with van der Waals surface area (Å²) in [6.45, 7) is 0. The van der Waals surface area contributed by atoms with Gasteiger partial charge in [-0.25, -0.2) is 9.82 Å². The Balaban J connectivity index is 1.69. The van der Waals surface area contributed by atoms with Crippen LogP contribution in [-0.4, -0.2) is 17.9 Å². The molecule has 0 spiro atoms. The fraction of sp³-hybridized carbons (Fsp3) is 0.125. The second-order valence-electron chi connectivity index (χ2n) is 4.40. The molecule has 6 heteroatoms. The number of benzene rings is 2. The summed E-state index contributed by atoms with van der Waals surface area (Å²) in [5.74, 6) is 0.180. The van der Waals surface area contributed by atoms with E-state index in [1.54, 1.807) is 23.9 Å². The molecule has 0 fully saturated rings. The zero-order chi connectivity index (χ0) is 15.8. The first kappa shape index (κ1) is 16.5.